The SMILES string of the molecule is C1=CCC2C(=C1)c1cccc3cccc2c13. The summed E-state index contributed by atoms with van der Waals surface area (Å²) in [5.41, 5.74) is 4.47. The molecule has 0 fully saturated rings. The van der Waals surface area contributed by atoms with Crippen molar-refractivity contribution < 1.29 is 0 Å². The van der Waals surface area contributed by atoms with Gasteiger partial charge in [0.2, 0.25) is 0 Å². The molecular formula is C16H12. The van der Waals surface area contributed by atoms with Crippen LogP contribution in [0.3, 0.4) is 0 Å². The Labute approximate surface area is 94.9 Å². The second-order valence-corrected chi connectivity index (χ2v) is 4.59. The molecular weight excluding hydrogens is 192 g/mol. The van der Waals surface area contributed by atoms with E-state index in [0.717, 1.165) is 6.42 Å². The molecule has 0 heteroatoms. The molecule has 0 aromatic heterocycles. The van der Waals surface area contributed by atoms with Crippen molar-refractivity contribution in [3.8, 4) is 0 Å². The smallest absolute Gasteiger partial charge is 0.0136 e. The van der Waals surface area contributed by atoms with Gasteiger partial charge in [0.1, 0.15) is 0 Å². The average Bonchev–Trinajstić information content (AvgIpc) is 2.68. The lowest BCUT2D eigenvalue weighted by Gasteiger charge is -2.14. The standard InChI is InChI=1S/C16H12/c1-2-8-13-12(7-1)14-9-3-5-11-6-4-10-15(13)16(11)14/h1-7,9-10,13H,8H2. The molecule has 0 spiro atoms. The van der Waals surface area contributed by atoms with Crippen molar-refractivity contribution in [1.82, 2.24) is 0 Å². The number of fused-ring (bicyclic) bond motifs is 3. The van der Waals surface area contributed by atoms with E-state index in [0.29, 0.717) is 5.92 Å². The van der Waals surface area contributed by atoms with Crippen LogP contribution in [0.25, 0.3) is 16.3 Å². The zero-order chi connectivity index (χ0) is 10.5. The summed E-state index contributed by atoms with van der Waals surface area (Å²) in [6.07, 6.45) is 7.90. The first-order chi connectivity index (χ1) is 7.95. The summed E-state index contributed by atoms with van der Waals surface area (Å²) in [6.45, 7) is 0. The molecule has 0 radical (unpaired) electrons. The number of benzene rings is 2. The molecule has 1 atom stereocenters. The zero-order valence-corrected chi connectivity index (χ0v) is 8.98. The molecule has 1 unspecified atom stereocenters. The predicted octanol–water partition coefficient (Wildman–Crippen LogP) is 4.28. The van der Waals surface area contributed by atoms with Gasteiger partial charge >= 0.3 is 0 Å². The number of hydrogen-bond acceptors (Lipinski definition) is 0. The first kappa shape index (κ1) is 8.35. The third-order valence-electron chi connectivity index (χ3n) is 3.78. The van der Waals surface area contributed by atoms with E-state index in [4.69, 9.17) is 0 Å². The van der Waals surface area contributed by atoms with Gasteiger partial charge in [-0.1, -0.05) is 54.6 Å². The largest absolute Gasteiger partial charge is 0.0836 e. The molecule has 2 aliphatic carbocycles. The first-order valence-electron chi connectivity index (χ1n) is 5.84. The van der Waals surface area contributed by atoms with Crippen LogP contribution in [0.4, 0.5) is 0 Å². The van der Waals surface area contributed by atoms with Gasteiger partial charge in [-0.25, -0.2) is 0 Å². The summed E-state index contributed by atoms with van der Waals surface area (Å²) in [4.78, 5) is 0. The molecule has 0 heterocycles. The fourth-order valence-corrected chi connectivity index (χ4v) is 3.10. The van der Waals surface area contributed by atoms with Crippen LogP contribution in [0.2, 0.25) is 0 Å². The lowest BCUT2D eigenvalue weighted by Crippen LogP contribution is -1.96. The Hall–Kier alpha value is -1.82. The van der Waals surface area contributed by atoms with Crippen LogP contribution in [0.5, 0.6) is 0 Å². The van der Waals surface area contributed by atoms with Crippen molar-refractivity contribution >= 4 is 16.3 Å². The molecule has 0 saturated heterocycles. The van der Waals surface area contributed by atoms with Crippen LogP contribution in [0.15, 0.2) is 54.6 Å². The summed E-state index contributed by atoms with van der Waals surface area (Å²) in [7, 11) is 0. The van der Waals surface area contributed by atoms with Gasteiger partial charge in [-0.15, -0.1) is 0 Å². The lowest BCUT2D eigenvalue weighted by molar-refractivity contribution is 0.899. The fourth-order valence-electron chi connectivity index (χ4n) is 3.10. The van der Waals surface area contributed by atoms with Crippen molar-refractivity contribution in [2.45, 2.75) is 12.3 Å². The van der Waals surface area contributed by atoms with E-state index >= 15 is 0 Å². The quantitative estimate of drug-likeness (QED) is 0.600. The van der Waals surface area contributed by atoms with Gasteiger partial charge < -0.3 is 0 Å². The van der Waals surface area contributed by atoms with Gasteiger partial charge in [-0.05, 0) is 33.9 Å². The molecule has 0 bridgehead atoms. The molecule has 0 amide bonds. The Morgan fingerprint density at radius 1 is 1.00 bits per heavy atom. The van der Waals surface area contributed by atoms with Crippen LogP contribution >= 0.6 is 0 Å². The first-order valence-corrected chi connectivity index (χ1v) is 5.84. The molecule has 2 aliphatic rings. The minimum atomic E-state index is 0.603. The lowest BCUT2D eigenvalue weighted by atomic mass is 9.89. The third-order valence-corrected chi connectivity index (χ3v) is 3.78. The third kappa shape index (κ3) is 0.898. The van der Waals surface area contributed by atoms with Crippen molar-refractivity contribution in [3.05, 3.63) is 65.8 Å². The van der Waals surface area contributed by atoms with Gasteiger partial charge in [0.15, 0.2) is 0 Å². The molecule has 4 rings (SSSR count). The van der Waals surface area contributed by atoms with Crippen LogP contribution in [0, 0.1) is 0 Å². The van der Waals surface area contributed by atoms with Gasteiger partial charge in [-0.3, -0.25) is 0 Å². The Morgan fingerprint density at radius 3 is 2.81 bits per heavy atom. The van der Waals surface area contributed by atoms with Crippen molar-refractivity contribution in [3.63, 3.8) is 0 Å². The van der Waals surface area contributed by atoms with E-state index < -0.39 is 0 Å². The maximum Gasteiger partial charge on any atom is 0.0136 e. The molecule has 16 heavy (non-hydrogen) atoms. The normalized spacial score (nSPS) is 21.0. The van der Waals surface area contributed by atoms with E-state index in [-0.39, 0.29) is 0 Å². The Kier molecular flexibility index (Phi) is 1.49. The second kappa shape index (κ2) is 2.85. The van der Waals surface area contributed by atoms with Crippen molar-refractivity contribution in [1.29, 1.82) is 0 Å². The van der Waals surface area contributed by atoms with Crippen LogP contribution < -0.4 is 0 Å². The van der Waals surface area contributed by atoms with E-state index in [9.17, 15) is 0 Å². The maximum absolute atomic E-state index is 2.29. The minimum Gasteiger partial charge on any atom is -0.0836 e. The Bertz CT molecular complexity index is 639. The fraction of sp³-hybridized carbons (Fsp3) is 0.125. The molecule has 2 aromatic rings. The molecule has 0 aliphatic heterocycles. The predicted molar refractivity (Wildman–Crippen MR) is 68.4 cm³/mol. The second-order valence-electron chi connectivity index (χ2n) is 4.59. The van der Waals surface area contributed by atoms with E-state index in [1.165, 1.54) is 27.5 Å². The summed E-state index contributed by atoms with van der Waals surface area (Å²) < 4.78 is 0. The molecule has 0 nitrogen and oxygen atoms in total. The monoisotopic (exact) mass is 204 g/mol. The van der Waals surface area contributed by atoms with Crippen molar-refractivity contribution in [2.75, 3.05) is 0 Å². The topological polar surface area (TPSA) is 0 Å². The summed E-state index contributed by atoms with van der Waals surface area (Å²) in [5, 5.41) is 2.86. The van der Waals surface area contributed by atoms with Crippen molar-refractivity contribution in [2.24, 2.45) is 0 Å². The van der Waals surface area contributed by atoms with Gasteiger partial charge in [0.05, 0.1) is 0 Å². The minimum absolute atomic E-state index is 0.603. The highest BCUT2D eigenvalue weighted by molar-refractivity contribution is 6.03. The van der Waals surface area contributed by atoms with E-state index in [1.807, 2.05) is 0 Å². The number of hydrogen-bond donors (Lipinski definition) is 0. The van der Waals surface area contributed by atoms with Gasteiger partial charge in [-0.2, -0.15) is 0 Å². The summed E-state index contributed by atoms with van der Waals surface area (Å²) in [5.74, 6) is 0.603. The number of rotatable bonds is 0. The summed E-state index contributed by atoms with van der Waals surface area (Å²) in [6, 6.07) is 13.3. The van der Waals surface area contributed by atoms with Gasteiger partial charge in [0.25, 0.3) is 0 Å². The highest BCUT2D eigenvalue weighted by Gasteiger charge is 2.28. The molecule has 2 aromatic carbocycles. The molecule has 76 valence electrons. The Balaban J connectivity index is 2.18. The zero-order valence-electron chi connectivity index (χ0n) is 8.98. The summed E-state index contributed by atoms with van der Waals surface area (Å²) >= 11 is 0. The van der Waals surface area contributed by atoms with E-state index in [1.54, 1.807) is 0 Å². The van der Waals surface area contributed by atoms with Crippen LogP contribution in [-0.2, 0) is 0 Å². The van der Waals surface area contributed by atoms with E-state index in [2.05, 4.69) is 54.6 Å². The highest BCUT2D eigenvalue weighted by Crippen LogP contribution is 2.48. The molecule has 0 N–H and O–H groups in total. The highest BCUT2D eigenvalue weighted by atomic mass is 14.3. The van der Waals surface area contributed by atoms with Gasteiger partial charge in [0, 0.05) is 5.92 Å². The van der Waals surface area contributed by atoms with Crippen LogP contribution in [0.1, 0.15) is 23.5 Å². The maximum atomic E-state index is 2.29. The van der Waals surface area contributed by atoms with Crippen LogP contribution in [-0.4, -0.2) is 0 Å². The molecule has 0 saturated carbocycles. The Morgan fingerprint density at radius 2 is 1.88 bits per heavy atom. The average molecular weight is 204 g/mol. The number of allylic oxidation sites excluding steroid dienone is 4.